The summed E-state index contributed by atoms with van der Waals surface area (Å²) in [6.45, 7) is 3.32. The third-order valence-corrected chi connectivity index (χ3v) is 4.38. The first kappa shape index (κ1) is 11.0. The van der Waals surface area contributed by atoms with Crippen LogP contribution in [0.5, 0.6) is 0 Å². The van der Waals surface area contributed by atoms with E-state index in [1.54, 1.807) is 0 Å². The molecule has 2 bridgehead atoms. The summed E-state index contributed by atoms with van der Waals surface area (Å²) in [5, 5.41) is 12.2. The lowest BCUT2D eigenvalue weighted by molar-refractivity contribution is 0.304. The Hall–Kier alpha value is -0.550. The fourth-order valence-corrected chi connectivity index (χ4v) is 3.42. The zero-order chi connectivity index (χ0) is 10.7. The molecule has 2 aliphatic carbocycles. The fourth-order valence-electron chi connectivity index (χ4n) is 3.42. The van der Waals surface area contributed by atoms with E-state index >= 15 is 0 Å². The van der Waals surface area contributed by atoms with Gasteiger partial charge in [0.25, 0.3) is 0 Å². The van der Waals surface area contributed by atoms with Crippen LogP contribution in [-0.2, 0) is 0 Å². The topological polar surface area (TPSA) is 35.8 Å². The smallest absolute Gasteiger partial charge is 0.0638 e. The molecule has 2 aliphatic rings. The molecule has 0 saturated heterocycles. The lowest BCUT2D eigenvalue weighted by atomic mass is 9.88. The molecule has 0 spiro atoms. The predicted octanol–water partition coefficient (Wildman–Crippen LogP) is 2.70. The third kappa shape index (κ3) is 2.52. The molecule has 2 rings (SSSR count). The first-order valence-corrected chi connectivity index (χ1v) is 6.43. The lowest BCUT2D eigenvalue weighted by Crippen LogP contribution is -2.34. The van der Waals surface area contributed by atoms with E-state index in [9.17, 15) is 0 Å². The maximum atomic E-state index is 8.67. The summed E-state index contributed by atoms with van der Waals surface area (Å²) >= 11 is 0. The molecule has 15 heavy (non-hydrogen) atoms. The highest BCUT2D eigenvalue weighted by Gasteiger charge is 2.39. The van der Waals surface area contributed by atoms with E-state index in [0.29, 0.717) is 12.5 Å². The molecule has 0 radical (unpaired) electrons. The van der Waals surface area contributed by atoms with E-state index in [1.165, 1.54) is 25.7 Å². The quantitative estimate of drug-likeness (QED) is 0.750. The summed E-state index contributed by atoms with van der Waals surface area (Å²) in [6.07, 6.45) is 7.62. The van der Waals surface area contributed by atoms with Crippen molar-refractivity contribution in [3.8, 4) is 6.07 Å². The molecule has 4 atom stereocenters. The standard InChI is InChI=1S/C13H22N2/c1-2-13(5-6-14)15-9-12-8-10-3-4-11(12)7-10/h10-13,15H,2-5,7-9H2,1H3. The molecule has 0 aromatic carbocycles. The van der Waals surface area contributed by atoms with Crippen LogP contribution in [0, 0.1) is 29.1 Å². The van der Waals surface area contributed by atoms with Gasteiger partial charge in [-0.1, -0.05) is 13.3 Å². The van der Waals surface area contributed by atoms with Crippen molar-refractivity contribution < 1.29 is 0 Å². The molecule has 0 heterocycles. The molecule has 84 valence electrons. The summed E-state index contributed by atoms with van der Waals surface area (Å²) in [6, 6.07) is 2.69. The lowest BCUT2D eigenvalue weighted by Gasteiger charge is -2.24. The Labute approximate surface area is 93.0 Å². The van der Waals surface area contributed by atoms with Crippen LogP contribution in [-0.4, -0.2) is 12.6 Å². The van der Waals surface area contributed by atoms with Crippen molar-refractivity contribution in [1.82, 2.24) is 5.32 Å². The van der Waals surface area contributed by atoms with Crippen molar-refractivity contribution in [2.24, 2.45) is 17.8 Å². The van der Waals surface area contributed by atoms with Crippen LogP contribution in [0.1, 0.15) is 45.4 Å². The van der Waals surface area contributed by atoms with Gasteiger partial charge in [-0.3, -0.25) is 0 Å². The first-order chi connectivity index (χ1) is 7.33. The van der Waals surface area contributed by atoms with Gasteiger partial charge < -0.3 is 5.32 Å². The zero-order valence-electron chi connectivity index (χ0n) is 9.71. The minimum atomic E-state index is 0.425. The number of nitriles is 1. The highest BCUT2D eigenvalue weighted by Crippen LogP contribution is 2.47. The second-order valence-corrected chi connectivity index (χ2v) is 5.31. The highest BCUT2D eigenvalue weighted by molar-refractivity contribution is 4.91. The fraction of sp³-hybridized carbons (Fsp3) is 0.923. The molecule has 4 unspecified atom stereocenters. The summed E-state index contributed by atoms with van der Waals surface area (Å²) in [5.74, 6) is 2.96. The van der Waals surface area contributed by atoms with Gasteiger partial charge in [0.1, 0.15) is 0 Å². The van der Waals surface area contributed by atoms with Crippen LogP contribution in [0.3, 0.4) is 0 Å². The van der Waals surface area contributed by atoms with Crippen LogP contribution in [0.15, 0.2) is 0 Å². The molecule has 0 aromatic rings. The van der Waals surface area contributed by atoms with E-state index in [4.69, 9.17) is 5.26 Å². The monoisotopic (exact) mass is 206 g/mol. The summed E-state index contributed by atoms with van der Waals surface area (Å²) in [4.78, 5) is 0. The summed E-state index contributed by atoms with van der Waals surface area (Å²) < 4.78 is 0. The summed E-state index contributed by atoms with van der Waals surface area (Å²) in [7, 11) is 0. The SMILES string of the molecule is CCC(CC#N)NCC1CC2CCC1C2. The van der Waals surface area contributed by atoms with Gasteiger partial charge in [-0.15, -0.1) is 0 Å². The van der Waals surface area contributed by atoms with Crippen LogP contribution in [0.25, 0.3) is 0 Å². The Bertz CT molecular complexity index is 243. The average Bonchev–Trinajstić information content (AvgIpc) is 2.85. The van der Waals surface area contributed by atoms with Crippen LogP contribution >= 0.6 is 0 Å². The van der Waals surface area contributed by atoms with Gasteiger partial charge in [0, 0.05) is 6.04 Å². The number of hydrogen-bond donors (Lipinski definition) is 1. The molecule has 2 fully saturated rings. The van der Waals surface area contributed by atoms with Crippen molar-refractivity contribution in [2.45, 2.75) is 51.5 Å². The van der Waals surface area contributed by atoms with Crippen molar-refractivity contribution in [3.63, 3.8) is 0 Å². The van der Waals surface area contributed by atoms with Gasteiger partial charge in [0.15, 0.2) is 0 Å². The average molecular weight is 206 g/mol. The maximum absolute atomic E-state index is 8.67. The molecular formula is C13H22N2. The third-order valence-electron chi connectivity index (χ3n) is 4.38. The highest BCUT2D eigenvalue weighted by atomic mass is 14.9. The van der Waals surface area contributed by atoms with Crippen LogP contribution < -0.4 is 5.32 Å². The molecule has 2 nitrogen and oxygen atoms in total. The normalized spacial score (nSPS) is 35.3. The minimum absolute atomic E-state index is 0.425. The molecule has 0 aromatic heterocycles. The van der Waals surface area contributed by atoms with E-state index in [2.05, 4.69) is 18.3 Å². The second-order valence-electron chi connectivity index (χ2n) is 5.31. The first-order valence-electron chi connectivity index (χ1n) is 6.43. The maximum Gasteiger partial charge on any atom is 0.0638 e. The van der Waals surface area contributed by atoms with Crippen molar-refractivity contribution >= 4 is 0 Å². The Morgan fingerprint density at radius 3 is 2.80 bits per heavy atom. The Kier molecular flexibility index (Phi) is 3.64. The number of rotatable bonds is 5. The Morgan fingerprint density at radius 2 is 2.27 bits per heavy atom. The molecule has 0 amide bonds. The van der Waals surface area contributed by atoms with Crippen LogP contribution in [0.4, 0.5) is 0 Å². The molecular weight excluding hydrogens is 184 g/mol. The Balaban J connectivity index is 1.71. The molecule has 2 saturated carbocycles. The van der Waals surface area contributed by atoms with Crippen molar-refractivity contribution in [1.29, 1.82) is 5.26 Å². The summed E-state index contributed by atoms with van der Waals surface area (Å²) in [5.41, 5.74) is 0. The largest absolute Gasteiger partial charge is 0.313 e. The predicted molar refractivity (Wildman–Crippen MR) is 61.2 cm³/mol. The molecule has 0 aliphatic heterocycles. The van der Waals surface area contributed by atoms with Gasteiger partial charge >= 0.3 is 0 Å². The number of fused-ring (bicyclic) bond motifs is 2. The zero-order valence-corrected chi connectivity index (χ0v) is 9.71. The number of hydrogen-bond acceptors (Lipinski definition) is 2. The van der Waals surface area contributed by atoms with E-state index in [-0.39, 0.29) is 0 Å². The number of nitrogens with zero attached hydrogens (tertiary/aromatic N) is 1. The van der Waals surface area contributed by atoms with Gasteiger partial charge in [-0.25, -0.2) is 0 Å². The van der Waals surface area contributed by atoms with Gasteiger partial charge in [-0.05, 0) is 50.0 Å². The molecule has 1 N–H and O–H groups in total. The van der Waals surface area contributed by atoms with Gasteiger partial charge in [-0.2, -0.15) is 5.26 Å². The number of nitrogens with one attached hydrogen (secondary N) is 1. The van der Waals surface area contributed by atoms with Crippen molar-refractivity contribution in [3.05, 3.63) is 0 Å². The van der Waals surface area contributed by atoms with Crippen LogP contribution in [0.2, 0.25) is 0 Å². The minimum Gasteiger partial charge on any atom is -0.313 e. The van der Waals surface area contributed by atoms with E-state index in [1.807, 2.05) is 0 Å². The van der Waals surface area contributed by atoms with Crippen molar-refractivity contribution in [2.75, 3.05) is 6.54 Å². The second kappa shape index (κ2) is 4.99. The van der Waals surface area contributed by atoms with Gasteiger partial charge in [0.05, 0.1) is 12.5 Å². The van der Waals surface area contributed by atoms with E-state index in [0.717, 1.165) is 30.7 Å². The van der Waals surface area contributed by atoms with Gasteiger partial charge in [0.2, 0.25) is 0 Å². The Morgan fingerprint density at radius 1 is 1.40 bits per heavy atom. The van der Waals surface area contributed by atoms with E-state index < -0.39 is 0 Å². The molecule has 2 heteroatoms.